The molecule has 5 heteroatoms. The Labute approximate surface area is 249 Å². The fourth-order valence-electron chi connectivity index (χ4n) is 4.43. The Morgan fingerprint density at radius 1 is 1.05 bits per heavy atom. The summed E-state index contributed by atoms with van der Waals surface area (Å²) in [7, 11) is 1.83. The van der Waals surface area contributed by atoms with Crippen LogP contribution in [0, 0.1) is 18.3 Å². The van der Waals surface area contributed by atoms with E-state index in [0.717, 1.165) is 41.2 Å². The van der Waals surface area contributed by atoms with Gasteiger partial charge in [0.2, 0.25) is 0 Å². The van der Waals surface area contributed by atoms with Gasteiger partial charge < -0.3 is 4.90 Å². The zero-order chi connectivity index (χ0) is 30.6. The fraction of sp³-hybridized carbons (Fsp3) is 0.361. The van der Waals surface area contributed by atoms with Crippen molar-refractivity contribution in [3.05, 3.63) is 114 Å². The van der Waals surface area contributed by atoms with Crippen molar-refractivity contribution < 1.29 is 0 Å². The highest BCUT2D eigenvalue weighted by Gasteiger charge is 2.23. The molecule has 0 N–H and O–H groups in total. The number of aryl methyl sites for hydroxylation is 1. The first-order valence-electron chi connectivity index (χ1n) is 14.5. The molecule has 2 aromatic carbocycles. The Bertz CT molecular complexity index is 1240. The van der Waals surface area contributed by atoms with E-state index in [-0.39, 0.29) is 6.04 Å². The van der Waals surface area contributed by atoms with Gasteiger partial charge in [-0.3, -0.25) is 14.9 Å². The van der Waals surface area contributed by atoms with Gasteiger partial charge in [-0.25, -0.2) is 0 Å². The van der Waals surface area contributed by atoms with Gasteiger partial charge in [0.15, 0.2) is 0 Å². The van der Waals surface area contributed by atoms with Crippen molar-refractivity contribution in [2.45, 2.75) is 67.0 Å². The molecule has 1 unspecified atom stereocenters. The number of nitrogens with zero attached hydrogens (tertiary/aromatic N) is 5. The van der Waals surface area contributed by atoms with Crippen molar-refractivity contribution in [2.75, 3.05) is 20.1 Å². The lowest BCUT2D eigenvalue weighted by molar-refractivity contribution is 0.240. The summed E-state index contributed by atoms with van der Waals surface area (Å²) in [6.45, 7) is 22.5. The van der Waals surface area contributed by atoms with Crippen LogP contribution in [0.15, 0.2) is 108 Å². The molecule has 0 saturated carbocycles. The van der Waals surface area contributed by atoms with Gasteiger partial charge in [0.1, 0.15) is 5.84 Å². The van der Waals surface area contributed by atoms with E-state index < -0.39 is 0 Å². The van der Waals surface area contributed by atoms with Gasteiger partial charge in [0.05, 0.1) is 29.6 Å². The van der Waals surface area contributed by atoms with Gasteiger partial charge in [-0.05, 0) is 75.2 Å². The van der Waals surface area contributed by atoms with Crippen LogP contribution >= 0.6 is 0 Å². The lowest BCUT2D eigenvalue weighted by Gasteiger charge is -2.34. The topological polar surface area (TPSA) is 55.0 Å². The third-order valence-corrected chi connectivity index (χ3v) is 6.78. The normalized spacial score (nSPS) is 12.9. The van der Waals surface area contributed by atoms with Crippen LogP contribution in [0.2, 0.25) is 0 Å². The Morgan fingerprint density at radius 3 is 2.24 bits per heavy atom. The standard InChI is InChI=1S/C34H43N5.C2H6/c1-8-15-28(9-2)22-32(11-4)39(25-31(10-3)37-33-17-14-13-16-27(33)6)26-34(36-7)38(12-5)24-30-20-18-29(23-35)19-21-30;1-2/h8-10,12-21,32H,3,5,11,22,24-26H2,1-2,4,6-7H3;1-2H3/b15-8-,28-9+,36-34?,37-31?;. The van der Waals surface area contributed by atoms with Crippen molar-refractivity contribution in [1.82, 2.24) is 9.80 Å². The third-order valence-electron chi connectivity index (χ3n) is 6.78. The lowest BCUT2D eigenvalue weighted by atomic mass is 10.0. The number of benzene rings is 2. The SMILES string of the molecule is C=CC(CN(CC(=NC)N(C=C)Cc1ccc(C#N)cc1)C(CC)CC(/C=C\C)=C/C)=Nc1ccccc1C.CC. The number of rotatable bonds is 14. The van der Waals surface area contributed by atoms with Gasteiger partial charge in [-0.1, -0.05) is 88.1 Å². The quantitative estimate of drug-likeness (QED) is 0.134. The summed E-state index contributed by atoms with van der Waals surface area (Å²) in [6.07, 6.45) is 12.1. The van der Waals surface area contributed by atoms with Gasteiger partial charge in [-0.2, -0.15) is 5.26 Å². The Morgan fingerprint density at radius 2 is 1.73 bits per heavy atom. The van der Waals surface area contributed by atoms with E-state index in [1.54, 1.807) is 0 Å². The van der Waals surface area contributed by atoms with Crippen molar-refractivity contribution >= 4 is 17.2 Å². The van der Waals surface area contributed by atoms with Crippen molar-refractivity contribution in [1.29, 1.82) is 5.26 Å². The van der Waals surface area contributed by atoms with Gasteiger partial charge in [-0.15, -0.1) is 0 Å². The molecule has 0 radical (unpaired) electrons. The molecular weight excluding hydrogens is 502 g/mol. The Hall–Kier alpha value is -4.01. The minimum absolute atomic E-state index is 0.271. The first kappa shape index (κ1) is 35.0. The molecule has 0 aliphatic heterocycles. The molecule has 2 rings (SSSR count). The van der Waals surface area contributed by atoms with Crippen molar-refractivity contribution in [3.63, 3.8) is 0 Å². The molecule has 0 amide bonds. The maximum atomic E-state index is 9.15. The Kier molecular flexibility index (Phi) is 17.0. The molecule has 0 fully saturated rings. The molecule has 218 valence electrons. The van der Waals surface area contributed by atoms with E-state index >= 15 is 0 Å². The zero-order valence-corrected chi connectivity index (χ0v) is 26.3. The van der Waals surface area contributed by atoms with Crippen LogP contribution in [0.5, 0.6) is 0 Å². The first-order valence-corrected chi connectivity index (χ1v) is 14.5. The maximum absolute atomic E-state index is 9.15. The second-order valence-electron chi connectivity index (χ2n) is 9.39. The largest absolute Gasteiger partial charge is 0.332 e. The number of hydrogen-bond donors (Lipinski definition) is 0. The fourth-order valence-corrected chi connectivity index (χ4v) is 4.43. The molecule has 0 saturated heterocycles. The van der Waals surface area contributed by atoms with Crippen LogP contribution in [0.1, 0.15) is 64.2 Å². The van der Waals surface area contributed by atoms with Crippen molar-refractivity contribution in [3.8, 4) is 6.07 Å². The highest BCUT2D eigenvalue weighted by Crippen LogP contribution is 2.21. The number of hydrogen-bond acceptors (Lipinski definition) is 4. The minimum Gasteiger partial charge on any atom is -0.332 e. The average Bonchev–Trinajstić information content (AvgIpc) is 3.02. The number of aliphatic imine (C=N–C) groups is 2. The van der Waals surface area contributed by atoms with Crippen LogP contribution in [0.25, 0.3) is 0 Å². The predicted molar refractivity (Wildman–Crippen MR) is 179 cm³/mol. The van der Waals surface area contributed by atoms with Crippen LogP contribution < -0.4 is 0 Å². The molecule has 0 spiro atoms. The van der Waals surface area contributed by atoms with E-state index in [4.69, 9.17) is 15.2 Å². The molecule has 0 aliphatic carbocycles. The number of nitriles is 1. The van der Waals surface area contributed by atoms with E-state index in [2.05, 4.69) is 81.0 Å². The van der Waals surface area contributed by atoms with E-state index in [1.165, 1.54) is 5.57 Å². The summed E-state index contributed by atoms with van der Waals surface area (Å²) in [5.74, 6) is 0.917. The van der Waals surface area contributed by atoms with E-state index in [1.807, 2.05) is 75.6 Å². The number of para-hydroxylation sites is 1. The maximum Gasteiger partial charge on any atom is 0.117 e. The molecule has 0 bridgehead atoms. The monoisotopic (exact) mass is 551 g/mol. The van der Waals surface area contributed by atoms with E-state index in [9.17, 15) is 0 Å². The van der Waals surface area contributed by atoms with Crippen molar-refractivity contribution in [2.24, 2.45) is 9.98 Å². The molecule has 0 aliphatic rings. The molecule has 0 aromatic heterocycles. The summed E-state index contributed by atoms with van der Waals surface area (Å²) in [5.41, 5.74) is 6.06. The average molecular weight is 552 g/mol. The second-order valence-corrected chi connectivity index (χ2v) is 9.39. The van der Waals surface area contributed by atoms with E-state index in [0.29, 0.717) is 25.2 Å². The molecule has 1 atom stereocenters. The molecular formula is C36H49N5. The van der Waals surface area contributed by atoms with Gasteiger partial charge in [0, 0.05) is 26.2 Å². The summed E-state index contributed by atoms with van der Waals surface area (Å²) in [5, 5.41) is 9.15. The van der Waals surface area contributed by atoms with Crippen LogP contribution in [-0.2, 0) is 6.54 Å². The smallest absolute Gasteiger partial charge is 0.117 e. The molecule has 41 heavy (non-hydrogen) atoms. The van der Waals surface area contributed by atoms with Gasteiger partial charge in [0.25, 0.3) is 0 Å². The number of amidine groups is 1. The molecule has 5 nitrogen and oxygen atoms in total. The summed E-state index contributed by atoms with van der Waals surface area (Å²) in [4.78, 5) is 14.2. The number of allylic oxidation sites excluding steroid dienone is 3. The first-order chi connectivity index (χ1) is 19.9. The second kappa shape index (κ2) is 20.0. The Balaban J connectivity index is 0.00000411. The van der Waals surface area contributed by atoms with Crippen LogP contribution in [0.3, 0.4) is 0 Å². The van der Waals surface area contributed by atoms with Gasteiger partial charge >= 0.3 is 0 Å². The highest BCUT2D eigenvalue weighted by molar-refractivity contribution is 5.98. The zero-order valence-electron chi connectivity index (χ0n) is 26.3. The highest BCUT2D eigenvalue weighted by atomic mass is 15.2. The molecule has 2 aromatic rings. The summed E-state index contributed by atoms with van der Waals surface area (Å²) < 4.78 is 0. The lowest BCUT2D eigenvalue weighted by Crippen LogP contribution is -2.45. The predicted octanol–water partition coefficient (Wildman–Crippen LogP) is 8.82. The van der Waals surface area contributed by atoms with Crippen LogP contribution in [0.4, 0.5) is 5.69 Å². The summed E-state index contributed by atoms with van der Waals surface area (Å²) in [6, 6.07) is 18.3. The summed E-state index contributed by atoms with van der Waals surface area (Å²) >= 11 is 0. The molecule has 0 heterocycles. The third kappa shape index (κ3) is 11.6. The minimum atomic E-state index is 0.271. The van der Waals surface area contributed by atoms with Crippen LogP contribution in [-0.4, -0.2) is 47.5 Å².